The summed E-state index contributed by atoms with van der Waals surface area (Å²) in [6, 6.07) is 4.64. The van der Waals surface area contributed by atoms with Crippen molar-refractivity contribution in [2.24, 2.45) is 23.7 Å². The summed E-state index contributed by atoms with van der Waals surface area (Å²) in [5, 5.41) is 0. The molecule has 356 valence electrons. The molecule has 0 amide bonds. The smallest absolute Gasteiger partial charge is 0.182 e. The molecule has 1 aliphatic carbocycles. The summed E-state index contributed by atoms with van der Waals surface area (Å²) in [5.74, 6) is 2.75. The van der Waals surface area contributed by atoms with Crippen molar-refractivity contribution in [3.05, 3.63) is 92.1 Å². The van der Waals surface area contributed by atoms with Crippen molar-refractivity contribution in [3.8, 4) is 0 Å². The predicted molar refractivity (Wildman–Crippen MR) is 283 cm³/mol. The number of carbonyl (C=O) groups is 2. The molecule has 0 fully saturated rings. The number of nitrogens with zero attached hydrogens (tertiary/aromatic N) is 2. The molecule has 6 nitrogen and oxygen atoms in total. The highest BCUT2D eigenvalue weighted by Crippen LogP contribution is 2.41. The monoisotopic (exact) mass is 893 g/mol. The summed E-state index contributed by atoms with van der Waals surface area (Å²) in [5.41, 5.74) is 22.2. The van der Waals surface area contributed by atoms with Crippen molar-refractivity contribution < 1.29 is 9.59 Å². The molecule has 0 saturated heterocycles. The Balaban J connectivity index is 1.44. The van der Waals surface area contributed by atoms with Gasteiger partial charge in [0.05, 0.1) is 22.8 Å². The first-order chi connectivity index (χ1) is 31.6. The number of aromatic nitrogens is 4. The van der Waals surface area contributed by atoms with Crippen LogP contribution in [0, 0.1) is 37.5 Å². The van der Waals surface area contributed by atoms with Crippen LogP contribution in [-0.4, -0.2) is 31.5 Å². The quantitative estimate of drug-likeness (QED) is 0.0983. The second-order valence-corrected chi connectivity index (χ2v) is 20.9. The number of nitrogens with one attached hydrogen (secondary N) is 2. The van der Waals surface area contributed by atoms with Crippen LogP contribution in [0.15, 0.2) is 35.9 Å². The van der Waals surface area contributed by atoms with Gasteiger partial charge in [0.25, 0.3) is 0 Å². The average molecular weight is 893 g/mol. The van der Waals surface area contributed by atoms with Gasteiger partial charge in [0.15, 0.2) is 11.6 Å². The Labute approximate surface area is 398 Å². The number of carbonyl (C=O) groups excluding carboxylic acids is 2. The van der Waals surface area contributed by atoms with Gasteiger partial charge < -0.3 is 9.97 Å². The first kappa shape index (κ1) is 50.8. The van der Waals surface area contributed by atoms with E-state index in [0.717, 1.165) is 108 Å². The van der Waals surface area contributed by atoms with Crippen LogP contribution >= 0.6 is 0 Å². The number of hydrogen-bond donors (Lipinski definition) is 2. The fraction of sp³-hybridized carbons (Fsp3) is 0.567. The van der Waals surface area contributed by atoms with Crippen LogP contribution in [-0.2, 0) is 35.3 Å². The molecule has 0 spiro atoms. The molecule has 8 bridgehead atoms. The molecule has 6 rings (SSSR count). The van der Waals surface area contributed by atoms with Crippen molar-refractivity contribution in [1.29, 1.82) is 0 Å². The van der Waals surface area contributed by atoms with E-state index in [1.54, 1.807) is 0 Å². The number of rotatable bonds is 22. The summed E-state index contributed by atoms with van der Waals surface area (Å²) in [4.78, 5) is 44.3. The van der Waals surface area contributed by atoms with Crippen molar-refractivity contribution in [2.45, 2.75) is 199 Å². The van der Waals surface area contributed by atoms with Gasteiger partial charge in [0.1, 0.15) is 0 Å². The maximum atomic E-state index is 12.8. The van der Waals surface area contributed by atoms with Gasteiger partial charge in [0.2, 0.25) is 0 Å². The van der Waals surface area contributed by atoms with Gasteiger partial charge >= 0.3 is 0 Å². The SMILES string of the molecule is CCC1=C(C)c2nc1cc1[nH]c(c(C)c1CC)c(CCCC1=CC(=O)C=CC1=O)c1[nH]c(cc3nc(c2C[C@@H](C)CCC[C@@H](C)CCC[C@H](C)CCCC(C)C)C(C)=C3CC)c(CC)c1C. The maximum absolute atomic E-state index is 12.8. The number of aromatic amines is 2. The van der Waals surface area contributed by atoms with Crippen LogP contribution < -0.4 is 0 Å². The molecule has 3 aromatic rings. The third-order valence-electron chi connectivity index (χ3n) is 15.4. The summed E-state index contributed by atoms with van der Waals surface area (Å²) in [6.07, 6.45) is 22.8. The summed E-state index contributed by atoms with van der Waals surface area (Å²) in [6.45, 7) is 30.2. The number of aryl methyl sites for hydroxylation is 5. The Bertz CT molecular complexity index is 2440. The largest absolute Gasteiger partial charge is 0.355 e. The minimum atomic E-state index is -0.113. The number of ketones is 2. The Hall–Kier alpha value is -4.58. The van der Waals surface area contributed by atoms with Crippen molar-refractivity contribution >= 4 is 55.9 Å². The van der Waals surface area contributed by atoms with Crippen LogP contribution in [0.3, 0.4) is 0 Å². The van der Waals surface area contributed by atoms with Crippen molar-refractivity contribution in [2.75, 3.05) is 0 Å². The minimum absolute atomic E-state index is 0.0643. The highest BCUT2D eigenvalue weighted by Gasteiger charge is 2.27. The molecule has 0 saturated carbocycles. The summed E-state index contributed by atoms with van der Waals surface area (Å²) >= 11 is 0. The van der Waals surface area contributed by atoms with E-state index in [9.17, 15) is 9.59 Å². The molecule has 3 aromatic heterocycles. The van der Waals surface area contributed by atoms with Crippen LogP contribution in [0.2, 0.25) is 0 Å². The molecule has 0 aromatic carbocycles. The van der Waals surface area contributed by atoms with Crippen molar-refractivity contribution in [1.82, 2.24) is 19.9 Å². The van der Waals surface area contributed by atoms with Gasteiger partial charge in [-0.15, -0.1) is 0 Å². The lowest BCUT2D eigenvalue weighted by Crippen LogP contribution is -2.07. The Morgan fingerprint density at radius 1 is 0.530 bits per heavy atom. The third-order valence-corrected chi connectivity index (χ3v) is 15.4. The lowest BCUT2D eigenvalue weighted by Gasteiger charge is -2.17. The van der Waals surface area contributed by atoms with E-state index < -0.39 is 0 Å². The number of allylic oxidation sites excluding steroid dienone is 8. The van der Waals surface area contributed by atoms with Gasteiger partial charge in [-0.1, -0.05) is 120 Å². The highest BCUT2D eigenvalue weighted by molar-refractivity contribution is 6.17. The fourth-order valence-corrected chi connectivity index (χ4v) is 11.4. The van der Waals surface area contributed by atoms with Gasteiger partial charge in [-0.3, -0.25) is 9.59 Å². The zero-order valence-corrected chi connectivity index (χ0v) is 43.4. The zero-order valence-electron chi connectivity index (χ0n) is 43.4. The topological polar surface area (TPSA) is 91.5 Å². The molecule has 6 heteroatoms. The minimum Gasteiger partial charge on any atom is -0.355 e. The van der Waals surface area contributed by atoms with Gasteiger partial charge in [-0.05, 0) is 183 Å². The van der Waals surface area contributed by atoms with Crippen LogP contribution in [0.1, 0.15) is 216 Å². The second kappa shape index (κ2) is 22.9. The van der Waals surface area contributed by atoms with E-state index in [4.69, 9.17) is 9.97 Å². The number of hydrogen-bond acceptors (Lipinski definition) is 4. The van der Waals surface area contributed by atoms with E-state index >= 15 is 0 Å². The third kappa shape index (κ3) is 11.6. The van der Waals surface area contributed by atoms with Crippen LogP contribution in [0.5, 0.6) is 0 Å². The van der Waals surface area contributed by atoms with E-state index in [-0.39, 0.29) is 11.6 Å². The normalized spacial score (nSPS) is 15.7. The molecule has 3 aliphatic rings. The molecule has 0 unspecified atom stereocenters. The summed E-state index contributed by atoms with van der Waals surface area (Å²) in [7, 11) is 0. The predicted octanol–water partition coefficient (Wildman–Crippen LogP) is 16.3. The Kier molecular flexibility index (Phi) is 17.7. The lowest BCUT2D eigenvalue weighted by atomic mass is 9.88. The molecular formula is C60H84N4O2. The first-order valence-electron chi connectivity index (χ1n) is 26.2. The van der Waals surface area contributed by atoms with Gasteiger partial charge in [0, 0.05) is 33.2 Å². The molecule has 2 N–H and O–H groups in total. The van der Waals surface area contributed by atoms with Crippen molar-refractivity contribution in [3.63, 3.8) is 0 Å². The Morgan fingerprint density at radius 2 is 1.00 bits per heavy atom. The highest BCUT2D eigenvalue weighted by atomic mass is 16.1. The second-order valence-electron chi connectivity index (χ2n) is 20.9. The molecule has 5 heterocycles. The fourth-order valence-electron chi connectivity index (χ4n) is 11.4. The first-order valence-corrected chi connectivity index (χ1v) is 26.2. The molecular weight excluding hydrogens is 809 g/mol. The zero-order chi connectivity index (χ0) is 47.8. The molecule has 66 heavy (non-hydrogen) atoms. The lowest BCUT2D eigenvalue weighted by molar-refractivity contribution is -0.114. The average Bonchev–Trinajstić information content (AvgIpc) is 3.97. The Morgan fingerprint density at radius 3 is 1.45 bits per heavy atom. The van der Waals surface area contributed by atoms with E-state index in [1.165, 1.54) is 132 Å². The maximum Gasteiger partial charge on any atom is 0.182 e. The number of fused-ring (bicyclic) bond motifs is 8. The molecule has 3 atom stereocenters. The van der Waals surface area contributed by atoms with E-state index in [0.29, 0.717) is 17.9 Å². The van der Waals surface area contributed by atoms with Gasteiger partial charge in [-0.2, -0.15) is 0 Å². The van der Waals surface area contributed by atoms with Gasteiger partial charge in [-0.25, -0.2) is 9.97 Å². The van der Waals surface area contributed by atoms with E-state index in [2.05, 4.69) is 112 Å². The summed E-state index contributed by atoms with van der Waals surface area (Å²) < 4.78 is 0. The van der Waals surface area contributed by atoms with Crippen LogP contribution in [0.4, 0.5) is 0 Å². The molecule has 0 radical (unpaired) electrons. The number of H-pyrrole nitrogens is 2. The van der Waals surface area contributed by atoms with E-state index in [1.807, 2.05) is 0 Å². The standard InChI is InChI=1S/C60H84N4O2/c1-14-46-40(10)57-50(29-21-28-44-33-45(65)30-31-56(44)66)58-41(11)47(15-2)53(62-58)35-55-49(17-4)43(13)60(64-55)51(59-42(12)48(16-3)54(63-59)34-52(46)61-57)32-39(9)27-20-26-38(8)25-19-24-37(7)23-18-22-36(5)6/h30-31,33-39,61-62H,14-29,32H2,1-13H3/t37-,38+,39+/m1/s1. The molecule has 2 aliphatic heterocycles. The van der Waals surface area contributed by atoms with Crippen LogP contribution in [0.25, 0.3) is 44.4 Å².